The van der Waals surface area contributed by atoms with Crippen molar-refractivity contribution in [3.63, 3.8) is 0 Å². The maximum absolute atomic E-state index is 11.9. The van der Waals surface area contributed by atoms with Crippen LogP contribution in [0, 0.1) is 5.92 Å². The van der Waals surface area contributed by atoms with Gasteiger partial charge in [0.15, 0.2) is 0 Å². The van der Waals surface area contributed by atoms with Crippen LogP contribution in [0.15, 0.2) is 34.3 Å². The van der Waals surface area contributed by atoms with Crippen LogP contribution < -0.4 is 0 Å². The van der Waals surface area contributed by atoms with Crippen LogP contribution in [0.25, 0.3) is 6.08 Å². The number of benzene rings is 1. The van der Waals surface area contributed by atoms with Gasteiger partial charge in [-0.2, -0.15) is 0 Å². The maximum Gasteiger partial charge on any atom is 0.334 e. The van der Waals surface area contributed by atoms with Gasteiger partial charge in [-0.15, -0.1) is 0 Å². The van der Waals surface area contributed by atoms with Crippen LogP contribution in [0.5, 0.6) is 0 Å². The van der Waals surface area contributed by atoms with Crippen molar-refractivity contribution < 1.29 is 9.53 Å². The van der Waals surface area contributed by atoms with Gasteiger partial charge in [-0.1, -0.05) is 41.9 Å². The molecule has 0 radical (unpaired) electrons. The number of halogens is 1. The Bertz CT molecular complexity index is 419. The molecule has 1 aromatic carbocycles. The molecule has 98 valence electrons. The molecule has 1 aromatic rings. The van der Waals surface area contributed by atoms with Crippen LogP contribution in [-0.2, 0) is 9.53 Å². The zero-order valence-electron chi connectivity index (χ0n) is 11.1. The topological polar surface area (TPSA) is 26.3 Å². The molecule has 0 aliphatic carbocycles. The largest absolute Gasteiger partial charge is 0.463 e. The Morgan fingerprint density at radius 3 is 2.44 bits per heavy atom. The molecule has 0 bridgehead atoms. The van der Waals surface area contributed by atoms with Crippen molar-refractivity contribution in [2.75, 3.05) is 6.61 Å². The SMILES string of the molecule is CCOC(=O)/C(=C/c1ccc(Br)cc1)CC(C)C. The van der Waals surface area contributed by atoms with Crippen LogP contribution in [0.4, 0.5) is 0 Å². The first-order valence-corrected chi connectivity index (χ1v) is 6.95. The highest BCUT2D eigenvalue weighted by Gasteiger charge is 2.12. The van der Waals surface area contributed by atoms with E-state index in [4.69, 9.17) is 4.74 Å². The van der Waals surface area contributed by atoms with Gasteiger partial charge in [0.05, 0.1) is 6.61 Å². The van der Waals surface area contributed by atoms with Crippen molar-refractivity contribution in [2.24, 2.45) is 5.92 Å². The third-order valence-electron chi connectivity index (χ3n) is 2.38. The number of carbonyl (C=O) groups is 1. The van der Waals surface area contributed by atoms with Gasteiger partial charge in [0.2, 0.25) is 0 Å². The lowest BCUT2D eigenvalue weighted by Crippen LogP contribution is -2.09. The monoisotopic (exact) mass is 310 g/mol. The van der Waals surface area contributed by atoms with Gasteiger partial charge in [0.1, 0.15) is 0 Å². The molecule has 18 heavy (non-hydrogen) atoms. The van der Waals surface area contributed by atoms with Gasteiger partial charge in [-0.3, -0.25) is 0 Å². The normalized spacial score (nSPS) is 11.7. The molecular formula is C15H19BrO2. The van der Waals surface area contributed by atoms with E-state index in [2.05, 4.69) is 29.8 Å². The summed E-state index contributed by atoms with van der Waals surface area (Å²) in [5.74, 6) is 0.213. The summed E-state index contributed by atoms with van der Waals surface area (Å²) < 4.78 is 6.11. The Labute approximate surface area is 117 Å². The molecule has 0 fully saturated rings. The molecule has 2 nitrogen and oxygen atoms in total. The number of ether oxygens (including phenoxy) is 1. The van der Waals surface area contributed by atoms with E-state index in [0.717, 1.165) is 22.0 Å². The molecule has 0 aliphatic heterocycles. The van der Waals surface area contributed by atoms with E-state index in [0.29, 0.717) is 12.5 Å². The van der Waals surface area contributed by atoms with Crippen LogP contribution in [-0.4, -0.2) is 12.6 Å². The highest BCUT2D eigenvalue weighted by atomic mass is 79.9. The van der Waals surface area contributed by atoms with E-state index in [1.165, 1.54) is 0 Å². The molecule has 0 saturated carbocycles. The quantitative estimate of drug-likeness (QED) is 0.593. The Morgan fingerprint density at radius 1 is 1.33 bits per heavy atom. The minimum absolute atomic E-state index is 0.214. The first-order valence-electron chi connectivity index (χ1n) is 6.16. The highest BCUT2D eigenvalue weighted by Crippen LogP contribution is 2.18. The molecule has 1 rings (SSSR count). The fourth-order valence-electron chi connectivity index (χ4n) is 1.62. The molecule has 0 N–H and O–H groups in total. The summed E-state index contributed by atoms with van der Waals surface area (Å²) in [6.07, 6.45) is 2.64. The molecule has 0 atom stereocenters. The van der Waals surface area contributed by atoms with Crippen molar-refractivity contribution in [2.45, 2.75) is 27.2 Å². The maximum atomic E-state index is 11.9. The van der Waals surface area contributed by atoms with Gasteiger partial charge in [0, 0.05) is 10.0 Å². The van der Waals surface area contributed by atoms with Crippen LogP contribution >= 0.6 is 15.9 Å². The summed E-state index contributed by atoms with van der Waals surface area (Å²) in [7, 11) is 0. The van der Waals surface area contributed by atoms with Crippen molar-refractivity contribution in [3.8, 4) is 0 Å². The third kappa shape index (κ3) is 5.05. The molecule has 0 spiro atoms. The fraction of sp³-hybridized carbons (Fsp3) is 0.400. The smallest absolute Gasteiger partial charge is 0.334 e. The second-order valence-corrected chi connectivity index (χ2v) is 5.46. The van der Waals surface area contributed by atoms with Crippen molar-refractivity contribution in [1.29, 1.82) is 0 Å². The summed E-state index contributed by atoms with van der Waals surface area (Å²) in [5, 5.41) is 0. The standard InChI is InChI=1S/C15H19BrO2/c1-4-18-15(17)13(9-11(2)3)10-12-5-7-14(16)8-6-12/h5-8,10-11H,4,9H2,1-3H3/b13-10+. The number of carbonyl (C=O) groups excluding carboxylic acids is 1. The van der Waals surface area contributed by atoms with Crippen LogP contribution in [0.3, 0.4) is 0 Å². The Balaban J connectivity index is 2.94. The summed E-state index contributed by atoms with van der Waals surface area (Å²) in [4.78, 5) is 11.9. The average molecular weight is 311 g/mol. The summed E-state index contributed by atoms with van der Waals surface area (Å²) >= 11 is 3.39. The Hall–Kier alpha value is -1.09. The lowest BCUT2D eigenvalue weighted by atomic mass is 10.0. The summed E-state index contributed by atoms with van der Waals surface area (Å²) in [6, 6.07) is 7.88. The lowest BCUT2D eigenvalue weighted by molar-refractivity contribution is -0.138. The van der Waals surface area contributed by atoms with Gasteiger partial charge in [-0.25, -0.2) is 4.79 Å². The predicted molar refractivity (Wildman–Crippen MR) is 78.2 cm³/mol. The second kappa shape index (κ2) is 7.37. The average Bonchev–Trinajstić information content (AvgIpc) is 2.31. The second-order valence-electron chi connectivity index (χ2n) is 4.54. The number of hydrogen-bond donors (Lipinski definition) is 0. The van der Waals surface area contributed by atoms with Gasteiger partial charge < -0.3 is 4.74 Å². The molecule has 0 aliphatic rings. The molecule has 0 saturated heterocycles. The zero-order valence-corrected chi connectivity index (χ0v) is 12.7. The minimum Gasteiger partial charge on any atom is -0.463 e. The van der Waals surface area contributed by atoms with Crippen molar-refractivity contribution >= 4 is 28.0 Å². The molecule has 0 heterocycles. The Morgan fingerprint density at radius 2 is 1.94 bits per heavy atom. The van der Waals surface area contributed by atoms with E-state index in [1.807, 2.05) is 37.3 Å². The molecule has 0 aromatic heterocycles. The predicted octanol–water partition coefficient (Wildman–Crippen LogP) is 4.44. The first-order chi connectivity index (χ1) is 8.52. The number of esters is 1. The molecular weight excluding hydrogens is 292 g/mol. The fourth-order valence-corrected chi connectivity index (χ4v) is 1.89. The first kappa shape index (κ1) is 15.0. The Kier molecular flexibility index (Phi) is 6.13. The van der Waals surface area contributed by atoms with E-state index in [1.54, 1.807) is 0 Å². The number of rotatable bonds is 5. The lowest BCUT2D eigenvalue weighted by Gasteiger charge is -2.09. The van der Waals surface area contributed by atoms with Crippen LogP contribution in [0.2, 0.25) is 0 Å². The highest BCUT2D eigenvalue weighted by molar-refractivity contribution is 9.10. The van der Waals surface area contributed by atoms with E-state index in [-0.39, 0.29) is 5.97 Å². The molecule has 0 unspecified atom stereocenters. The van der Waals surface area contributed by atoms with E-state index >= 15 is 0 Å². The summed E-state index contributed by atoms with van der Waals surface area (Å²) in [5.41, 5.74) is 1.75. The van der Waals surface area contributed by atoms with Crippen molar-refractivity contribution in [1.82, 2.24) is 0 Å². The summed E-state index contributed by atoms with van der Waals surface area (Å²) in [6.45, 7) is 6.42. The molecule has 3 heteroatoms. The van der Waals surface area contributed by atoms with E-state index in [9.17, 15) is 4.79 Å². The van der Waals surface area contributed by atoms with Crippen LogP contribution in [0.1, 0.15) is 32.8 Å². The van der Waals surface area contributed by atoms with Gasteiger partial charge in [0.25, 0.3) is 0 Å². The van der Waals surface area contributed by atoms with Gasteiger partial charge >= 0.3 is 5.97 Å². The van der Waals surface area contributed by atoms with Crippen molar-refractivity contribution in [3.05, 3.63) is 39.9 Å². The third-order valence-corrected chi connectivity index (χ3v) is 2.91. The number of hydrogen-bond acceptors (Lipinski definition) is 2. The minimum atomic E-state index is -0.214. The zero-order chi connectivity index (χ0) is 13.5. The van der Waals surface area contributed by atoms with E-state index < -0.39 is 0 Å². The molecule has 0 amide bonds. The van der Waals surface area contributed by atoms with Gasteiger partial charge in [-0.05, 0) is 43.0 Å².